The summed E-state index contributed by atoms with van der Waals surface area (Å²) in [6.45, 7) is 2.17. The number of nitrogens with zero attached hydrogens (tertiary/aromatic N) is 1. The molecule has 0 radical (unpaired) electrons. The van der Waals surface area contributed by atoms with E-state index in [1.165, 1.54) is 12.1 Å². The Bertz CT molecular complexity index is 655. The molecule has 0 spiro atoms. The Labute approximate surface area is 124 Å². The molecule has 2 rings (SSSR count). The zero-order valence-electron chi connectivity index (χ0n) is 11.6. The summed E-state index contributed by atoms with van der Waals surface area (Å²) >= 11 is 0. The maximum Gasteiger partial charge on any atom is 0.573 e. The number of ether oxygens (including phenoxy) is 1. The third-order valence-corrected chi connectivity index (χ3v) is 2.73. The van der Waals surface area contributed by atoms with Gasteiger partial charge in [0.05, 0.1) is 0 Å². The molecule has 0 atom stereocenters. The van der Waals surface area contributed by atoms with Crippen LogP contribution in [0.1, 0.15) is 21.5 Å². The van der Waals surface area contributed by atoms with Crippen molar-refractivity contribution in [3.05, 3.63) is 59.4 Å². The number of rotatable bonds is 4. The highest BCUT2D eigenvalue weighted by Crippen LogP contribution is 2.22. The van der Waals surface area contributed by atoms with Crippen LogP contribution in [0.4, 0.5) is 13.2 Å². The SMILES string of the molecule is Cc1cncc(CNC(=O)c2ccc(OC(F)(F)F)cc2)c1. The Morgan fingerprint density at radius 1 is 1.23 bits per heavy atom. The second-order valence-corrected chi connectivity index (χ2v) is 4.63. The molecule has 0 saturated heterocycles. The van der Waals surface area contributed by atoms with Gasteiger partial charge in [-0.2, -0.15) is 0 Å². The first kappa shape index (κ1) is 15.8. The number of carbonyl (C=O) groups is 1. The lowest BCUT2D eigenvalue weighted by atomic mass is 10.2. The Balaban J connectivity index is 1.95. The van der Waals surface area contributed by atoms with Crippen molar-refractivity contribution in [2.24, 2.45) is 0 Å². The summed E-state index contributed by atoms with van der Waals surface area (Å²) in [5.74, 6) is -0.757. The maximum atomic E-state index is 12.0. The van der Waals surface area contributed by atoms with Crippen molar-refractivity contribution in [3.8, 4) is 5.75 Å². The van der Waals surface area contributed by atoms with Gasteiger partial charge in [-0.15, -0.1) is 13.2 Å². The normalized spacial score (nSPS) is 11.1. The Morgan fingerprint density at radius 3 is 2.50 bits per heavy atom. The summed E-state index contributed by atoms with van der Waals surface area (Å²) in [5.41, 5.74) is 2.06. The van der Waals surface area contributed by atoms with Crippen LogP contribution in [-0.2, 0) is 6.54 Å². The largest absolute Gasteiger partial charge is 0.573 e. The molecule has 116 valence electrons. The lowest BCUT2D eigenvalue weighted by molar-refractivity contribution is -0.274. The Hall–Kier alpha value is -2.57. The third-order valence-electron chi connectivity index (χ3n) is 2.73. The first-order valence-corrected chi connectivity index (χ1v) is 6.38. The van der Waals surface area contributed by atoms with E-state index in [1.54, 1.807) is 12.4 Å². The molecule has 1 aromatic heterocycles. The van der Waals surface area contributed by atoms with Crippen LogP contribution in [0.25, 0.3) is 0 Å². The van der Waals surface area contributed by atoms with Gasteiger partial charge in [0.2, 0.25) is 0 Å². The number of benzene rings is 1. The highest BCUT2D eigenvalue weighted by atomic mass is 19.4. The number of aromatic nitrogens is 1. The van der Waals surface area contributed by atoms with Gasteiger partial charge in [-0.25, -0.2) is 0 Å². The lowest BCUT2D eigenvalue weighted by Crippen LogP contribution is -2.23. The summed E-state index contributed by atoms with van der Waals surface area (Å²) < 4.78 is 39.8. The van der Waals surface area contributed by atoms with Crippen LogP contribution in [0.3, 0.4) is 0 Å². The standard InChI is InChI=1S/C15H13F3N2O2/c1-10-6-11(8-19-7-10)9-20-14(21)12-2-4-13(5-3-12)22-15(16,17)18/h2-8H,9H2,1H3,(H,20,21). The molecule has 7 heteroatoms. The van der Waals surface area contributed by atoms with E-state index in [9.17, 15) is 18.0 Å². The van der Waals surface area contributed by atoms with E-state index in [4.69, 9.17) is 0 Å². The molecule has 1 heterocycles. The first-order chi connectivity index (χ1) is 10.3. The van der Waals surface area contributed by atoms with Crippen LogP contribution in [-0.4, -0.2) is 17.3 Å². The molecular weight excluding hydrogens is 297 g/mol. The van der Waals surface area contributed by atoms with E-state index in [0.29, 0.717) is 0 Å². The number of carbonyl (C=O) groups excluding carboxylic acids is 1. The number of amides is 1. The van der Waals surface area contributed by atoms with Gasteiger partial charge in [0.1, 0.15) is 5.75 Å². The molecule has 2 aromatic rings. The van der Waals surface area contributed by atoms with E-state index in [1.807, 2.05) is 13.0 Å². The monoisotopic (exact) mass is 310 g/mol. The average molecular weight is 310 g/mol. The van der Waals surface area contributed by atoms with Crippen LogP contribution >= 0.6 is 0 Å². The first-order valence-electron chi connectivity index (χ1n) is 6.38. The molecule has 1 N–H and O–H groups in total. The fourth-order valence-corrected chi connectivity index (χ4v) is 1.81. The summed E-state index contributed by atoms with van der Waals surface area (Å²) in [6, 6.07) is 6.61. The molecule has 0 aliphatic heterocycles. The molecule has 0 unspecified atom stereocenters. The number of nitrogens with one attached hydrogen (secondary N) is 1. The molecule has 4 nitrogen and oxygen atoms in total. The van der Waals surface area contributed by atoms with E-state index in [-0.39, 0.29) is 23.8 Å². The van der Waals surface area contributed by atoms with Gasteiger partial charge in [0.15, 0.2) is 0 Å². The Kier molecular flexibility index (Phi) is 4.65. The summed E-state index contributed by atoms with van der Waals surface area (Å²) in [4.78, 5) is 15.9. The van der Waals surface area contributed by atoms with E-state index >= 15 is 0 Å². The van der Waals surface area contributed by atoms with E-state index in [2.05, 4.69) is 15.0 Å². The predicted molar refractivity (Wildman–Crippen MR) is 73.3 cm³/mol. The minimum absolute atomic E-state index is 0.245. The molecule has 0 fully saturated rings. The molecule has 1 amide bonds. The summed E-state index contributed by atoms with van der Waals surface area (Å²) in [6.07, 6.45) is -1.42. The highest BCUT2D eigenvalue weighted by Gasteiger charge is 2.31. The van der Waals surface area contributed by atoms with Crippen molar-refractivity contribution in [1.82, 2.24) is 10.3 Å². The predicted octanol–water partition coefficient (Wildman–Crippen LogP) is 3.22. The quantitative estimate of drug-likeness (QED) is 0.943. The van der Waals surface area contributed by atoms with Crippen molar-refractivity contribution < 1.29 is 22.7 Å². The zero-order valence-corrected chi connectivity index (χ0v) is 11.6. The van der Waals surface area contributed by atoms with Crippen molar-refractivity contribution in [1.29, 1.82) is 0 Å². The van der Waals surface area contributed by atoms with Crippen molar-refractivity contribution in [2.75, 3.05) is 0 Å². The second kappa shape index (κ2) is 6.46. The second-order valence-electron chi connectivity index (χ2n) is 4.63. The van der Waals surface area contributed by atoms with Crippen LogP contribution < -0.4 is 10.1 Å². The van der Waals surface area contributed by atoms with Crippen LogP contribution in [0.5, 0.6) is 5.75 Å². The fraction of sp³-hybridized carbons (Fsp3) is 0.200. The molecule has 0 saturated carbocycles. The number of hydrogen-bond acceptors (Lipinski definition) is 3. The molecule has 22 heavy (non-hydrogen) atoms. The highest BCUT2D eigenvalue weighted by molar-refractivity contribution is 5.94. The van der Waals surface area contributed by atoms with E-state index in [0.717, 1.165) is 23.3 Å². The van der Waals surface area contributed by atoms with Gasteiger partial charge >= 0.3 is 6.36 Å². The number of alkyl halides is 3. The van der Waals surface area contributed by atoms with Crippen LogP contribution in [0.2, 0.25) is 0 Å². The average Bonchev–Trinajstić information content (AvgIpc) is 2.44. The third kappa shape index (κ3) is 4.76. The van der Waals surface area contributed by atoms with Gasteiger partial charge in [-0.3, -0.25) is 9.78 Å². The number of hydrogen-bond donors (Lipinski definition) is 1. The van der Waals surface area contributed by atoms with Gasteiger partial charge in [-0.05, 0) is 42.3 Å². The van der Waals surface area contributed by atoms with Crippen molar-refractivity contribution >= 4 is 5.91 Å². The molecule has 0 aliphatic rings. The lowest BCUT2D eigenvalue weighted by Gasteiger charge is -2.09. The van der Waals surface area contributed by atoms with Gasteiger partial charge in [0, 0.05) is 24.5 Å². The van der Waals surface area contributed by atoms with Crippen molar-refractivity contribution in [2.45, 2.75) is 19.8 Å². The van der Waals surface area contributed by atoms with Crippen LogP contribution in [0.15, 0.2) is 42.7 Å². The van der Waals surface area contributed by atoms with Crippen molar-refractivity contribution in [3.63, 3.8) is 0 Å². The minimum atomic E-state index is -4.75. The van der Waals surface area contributed by atoms with Gasteiger partial charge in [0.25, 0.3) is 5.91 Å². The maximum absolute atomic E-state index is 12.0. The molecule has 0 aliphatic carbocycles. The zero-order chi connectivity index (χ0) is 16.2. The minimum Gasteiger partial charge on any atom is -0.406 e. The van der Waals surface area contributed by atoms with Crippen LogP contribution in [0, 0.1) is 6.92 Å². The summed E-state index contributed by atoms with van der Waals surface area (Å²) in [7, 11) is 0. The topological polar surface area (TPSA) is 51.2 Å². The number of halogens is 3. The number of pyridine rings is 1. The van der Waals surface area contributed by atoms with E-state index < -0.39 is 6.36 Å². The molecule has 0 bridgehead atoms. The summed E-state index contributed by atoms with van der Waals surface area (Å²) in [5, 5.41) is 2.67. The smallest absolute Gasteiger partial charge is 0.406 e. The number of aryl methyl sites for hydroxylation is 1. The molecule has 1 aromatic carbocycles. The van der Waals surface area contributed by atoms with Gasteiger partial charge in [-0.1, -0.05) is 6.07 Å². The van der Waals surface area contributed by atoms with Gasteiger partial charge < -0.3 is 10.1 Å². The Morgan fingerprint density at radius 2 is 1.91 bits per heavy atom. The molecular formula is C15H13F3N2O2. The fourth-order valence-electron chi connectivity index (χ4n) is 1.81.